The third-order valence-electron chi connectivity index (χ3n) is 6.32. The number of carbonyl (C=O) groups excluding carboxylic acids is 2. The van der Waals surface area contributed by atoms with E-state index in [-0.39, 0.29) is 13.0 Å². The van der Waals surface area contributed by atoms with E-state index < -0.39 is 29.1 Å². The minimum absolute atomic E-state index is 0.204. The lowest BCUT2D eigenvalue weighted by Crippen LogP contribution is -2.33. The molecule has 2 aliphatic rings. The number of aromatic nitrogens is 2. The van der Waals surface area contributed by atoms with Gasteiger partial charge in [0.1, 0.15) is 11.4 Å². The van der Waals surface area contributed by atoms with Crippen molar-refractivity contribution < 1.29 is 23.1 Å². The molecule has 11 heteroatoms. The van der Waals surface area contributed by atoms with Gasteiger partial charge in [0.05, 0.1) is 41.9 Å². The van der Waals surface area contributed by atoms with Crippen LogP contribution in [0.15, 0.2) is 41.8 Å². The number of halogens is 2. The molecule has 1 aliphatic heterocycles. The number of nitrogens with zero attached hydrogens (tertiary/aromatic N) is 3. The number of hydrogen-bond acceptors (Lipinski definition) is 7. The predicted octanol–water partition coefficient (Wildman–Crippen LogP) is 4.26. The molecule has 2 atom stereocenters. The summed E-state index contributed by atoms with van der Waals surface area (Å²) in [5.41, 5.74) is 1.44. The summed E-state index contributed by atoms with van der Waals surface area (Å²) < 4.78 is 32.3. The van der Waals surface area contributed by atoms with Crippen LogP contribution < -0.4 is 15.4 Å². The first-order chi connectivity index (χ1) is 17.2. The highest BCUT2D eigenvalue weighted by atomic mass is 32.1. The Labute approximate surface area is 209 Å². The largest absolute Gasteiger partial charge is 0.493 e. The van der Waals surface area contributed by atoms with Crippen LogP contribution in [0.5, 0.6) is 5.75 Å². The van der Waals surface area contributed by atoms with E-state index in [1.165, 1.54) is 0 Å². The minimum atomic E-state index is -2.71. The highest BCUT2D eigenvalue weighted by molar-refractivity contribution is 7.14. The van der Waals surface area contributed by atoms with Gasteiger partial charge in [-0.05, 0) is 37.3 Å². The first-order valence-corrected chi connectivity index (χ1v) is 12.1. The molecule has 2 aromatic heterocycles. The van der Waals surface area contributed by atoms with Gasteiger partial charge in [-0.1, -0.05) is 6.07 Å². The quantitative estimate of drug-likeness (QED) is 0.513. The topological polar surface area (TPSA) is 117 Å². The number of benzene rings is 1. The van der Waals surface area contributed by atoms with E-state index in [0.717, 1.165) is 11.3 Å². The first kappa shape index (κ1) is 23.8. The maximum absolute atomic E-state index is 13.4. The Balaban J connectivity index is 1.19. The number of pyridine rings is 1. The second-order valence-electron chi connectivity index (χ2n) is 8.99. The fraction of sp³-hybridized carbons (Fsp3) is 0.320. The molecule has 1 saturated carbocycles. The Hall–Kier alpha value is -3.91. The van der Waals surface area contributed by atoms with Crippen molar-refractivity contribution in [2.24, 2.45) is 0 Å². The summed E-state index contributed by atoms with van der Waals surface area (Å²) in [4.78, 5) is 33.6. The second-order valence-corrected chi connectivity index (χ2v) is 9.85. The van der Waals surface area contributed by atoms with E-state index in [4.69, 9.17) is 4.74 Å². The summed E-state index contributed by atoms with van der Waals surface area (Å²) >= 11 is 1.16. The van der Waals surface area contributed by atoms with Gasteiger partial charge in [0.2, 0.25) is 5.91 Å². The number of nitriles is 1. The summed E-state index contributed by atoms with van der Waals surface area (Å²) in [6.07, 6.45) is 0.317. The Kier molecular flexibility index (Phi) is 5.92. The molecule has 0 bridgehead atoms. The Morgan fingerprint density at radius 3 is 2.81 bits per heavy atom. The average molecular weight is 510 g/mol. The first-order valence-electron chi connectivity index (χ1n) is 11.3. The highest BCUT2D eigenvalue weighted by Gasteiger charge is 2.58. The summed E-state index contributed by atoms with van der Waals surface area (Å²) in [5.74, 6) is -3.94. The lowest BCUT2D eigenvalue weighted by Gasteiger charge is -2.30. The van der Waals surface area contributed by atoms with Gasteiger partial charge in [0.15, 0.2) is 5.13 Å². The van der Waals surface area contributed by atoms with E-state index in [0.29, 0.717) is 52.1 Å². The summed E-state index contributed by atoms with van der Waals surface area (Å²) in [5, 5.41) is 16.7. The van der Waals surface area contributed by atoms with Crippen LogP contribution in [0.4, 0.5) is 13.9 Å². The van der Waals surface area contributed by atoms with Crippen molar-refractivity contribution in [1.82, 2.24) is 15.3 Å². The van der Waals surface area contributed by atoms with Gasteiger partial charge in [0, 0.05) is 29.3 Å². The number of rotatable bonds is 6. The normalized spacial score (nSPS) is 21.4. The van der Waals surface area contributed by atoms with E-state index in [1.54, 1.807) is 48.7 Å². The molecule has 2 amide bonds. The minimum Gasteiger partial charge on any atom is -0.493 e. The number of amides is 2. The molecule has 3 heterocycles. The van der Waals surface area contributed by atoms with Gasteiger partial charge in [-0.15, -0.1) is 11.3 Å². The maximum Gasteiger partial charge on any atom is 0.257 e. The molecule has 2 N–H and O–H groups in total. The molecule has 36 heavy (non-hydrogen) atoms. The molecule has 5 rings (SSSR count). The molecule has 0 spiro atoms. The average Bonchev–Trinajstić information content (AvgIpc) is 3.28. The monoisotopic (exact) mass is 509 g/mol. The molecule has 1 fully saturated rings. The van der Waals surface area contributed by atoms with Crippen molar-refractivity contribution in [2.75, 3.05) is 18.5 Å². The van der Waals surface area contributed by atoms with Crippen molar-refractivity contribution in [3.8, 4) is 23.2 Å². The third-order valence-corrected chi connectivity index (χ3v) is 7.08. The standard InChI is InChI=1S/C25H21F2N5O3S/c1-24(13-28)7-8-35-20-6-5-14(9-15(20)24)22(34)29-11-21(33)32-23-31-19(12-36-23)18-4-2-3-17(30-18)16-10-25(16,26)27/h2-6,9,12,16H,7-8,10-11H2,1H3,(H,29,34)(H,31,32,33)/t16-,24+/m0/s1. The molecule has 1 aliphatic carbocycles. The third kappa shape index (κ3) is 4.64. The van der Waals surface area contributed by atoms with Crippen molar-refractivity contribution >= 4 is 28.3 Å². The van der Waals surface area contributed by atoms with Gasteiger partial charge < -0.3 is 15.4 Å². The summed E-state index contributed by atoms with van der Waals surface area (Å²) in [6, 6.07) is 12.1. The maximum atomic E-state index is 13.4. The zero-order valence-electron chi connectivity index (χ0n) is 19.2. The fourth-order valence-corrected chi connectivity index (χ4v) is 4.76. The summed E-state index contributed by atoms with van der Waals surface area (Å²) in [6.45, 7) is 1.94. The molecule has 1 aromatic carbocycles. The number of ether oxygens (including phenoxy) is 1. The van der Waals surface area contributed by atoms with Crippen LogP contribution >= 0.6 is 11.3 Å². The SMILES string of the molecule is C[C@]1(C#N)CCOc2ccc(C(=O)NCC(=O)Nc3nc(-c4cccc([C@@H]5CC5(F)F)n4)cs3)cc21. The van der Waals surface area contributed by atoms with Crippen molar-refractivity contribution in [3.05, 3.63) is 58.6 Å². The second kappa shape index (κ2) is 8.95. The zero-order chi connectivity index (χ0) is 25.5. The van der Waals surface area contributed by atoms with Crippen LogP contribution in [-0.2, 0) is 10.2 Å². The Morgan fingerprint density at radius 2 is 2.06 bits per heavy atom. The molecule has 0 unspecified atom stereocenters. The highest BCUT2D eigenvalue weighted by Crippen LogP contribution is 2.55. The summed E-state index contributed by atoms with van der Waals surface area (Å²) in [7, 11) is 0. The molecular weight excluding hydrogens is 488 g/mol. The number of nitrogens with one attached hydrogen (secondary N) is 2. The molecule has 0 saturated heterocycles. The van der Waals surface area contributed by atoms with Gasteiger partial charge in [-0.3, -0.25) is 14.6 Å². The van der Waals surface area contributed by atoms with E-state index in [9.17, 15) is 23.6 Å². The van der Waals surface area contributed by atoms with E-state index in [1.807, 2.05) is 0 Å². The van der Waals surface area contributed by atoms with Crippen LogP contribution in [0.2, 0.25) is 0 Å². The van der Waals surface area contributed by atoms with Crippen LogP contribution in [-0.4, -0.2) is 40.9 Å². The lowest BCUT2D eigenvalue weighted by molar-refractivity contribution is -0.115. The number of alkyl halides is 2. The van der Waals surface area contributed by atoms with Crippen LogP contribution in [0.3, 0.4) is 0 Å². The van der Waals surface area contributed by atoms with Crippen molar-refractivity contribution in [1.29, 1.82) is 5.26 Å². The van der Waals surface area contributed by atoms with Gasteiger partial charge in [0.25, 0.3) is 11.8 Å². The van der Waals surface area contributed by atoms with Crippen LogP contribution in [0.25, 0.3) is 11.4 Å². The fourth-order valence-electron chi connectivity index (χ4n) is 4.04. The Bertz CT molecular complexity index is 1400. The van der Waals surface area contributed by atoms with Gasteiger partial charge >= 0.3 is 0 Å². The number of hydrogen-bond donors (Lipinski definition) is 2. The predicted molar refractivity (Wildman–Crippen MR) is 128 cm³/mol. The number of carbonyl (C=O) groups is 2. The van der Waals surface area contributed by atoms with Crippen LogP contribution in [0, 0.1) is 11.3 Å². The Morgan fingerprint density at radius 1 is 1.25 bits per heavy atom. The van der Waals surface area contributed by atoms with Gasteiger partial charge in [-0.25, -0.2) is 13.8 Å². The van der Waals surface area contributed by atoms with E-state index in [2.05, 4.69) is 26.7 Å². The van der Waals surface area contributed by atoms with Crippen molar-refractivity contribution in [3.63, 3.8) is 0 Å². The number of fused-ring (bicyclic) bond motifs is 1. The smallest absolute Gasteiger partial charge is 0.257 e. The number of thiazole rings is 1. The lowest BCUT2D eigenvalue weighted by atomic mass is 9.78. The van der Waals surface area contributed by atoms with Crippen molar-refractivity contribution in [2.45, 2.75) is 37.0 Å². The van der Waals surface area contributed by atoms with Gasteiger partial charge in [-0.2, -0.15) is 5.26 Å². The van der Waals surface area contributed by atoms with Crippen LogP contribution in [0.1, 0.15) is 47.3 Å². The zero-order valence-corrected chi connectivity index (χ0v) is 20.0. The molecule has 3 aromatic rings. The van der Waals surface area contributed by atoms with E-state index >= 15 is 0 Å². The number of anilines is 1. The molecule has 184 valence electrons. The molecule has 0 radical (unpaired) electrons. The molecular formula is C25H21F2N5O3S. The molecule has 8 nitrogen and oxygen atoms in total.